The van der Waals surface area contributed by atoms with Gasteiger partial charge in [-0.05, 0) is 31.7 Å². The van der Waals surface area contributed by atoms with E-state index in [-0.39, 0.29) is 0 Å². The Morgan fingerprint density at radius 2 is 2.00 bits per heavy atom. The minimum absolute atomic E-state index is 0.316. The van der Waals surface area contributed by atoms with E-state index in [9.17, 15) is 0 Å². The number of hydrogen-bond acceptors (Lipinski definition) is 2. The molecule has 2 nitrogen and oxygen atoms in total. The fraction of sp³-hybridized carbons (Fsp3) is 1.00. The fourth-order valence-corrected chi connectivity index (χ4v) is 3.44. The first-order valence-corrected chi connectivity index (χ1v) is 7.42. The van der Waals surface area contributed by atoms with Crippen molar-refractivity contribution in [3.63, 3.8) is 0 Å². The number of rotatable bonds is 4. The molecular formula is C15H29NO. The Labute approximate surface area is 107 Å². The van der Waals surface area contributed by atoms with Crippen LogP contribution in [-0.2, 0) is 4.74 Å². The maximum atomic E-state index is 6.35. The molecule has 0 aromatic carbocycles. The van der Waals surface area contributed by atoms with Crippen LogP contribution in [0.2, 0.25) is 0 Å². The normalized spacial score (nSPS) is 40.9. The minimum Gasteiger partial charge on any atom is -0.374 e. The van der Waals surface area contributed by atoms with Crippen LogP contribution < -0.4 is 5.32 Å². The Morgan fingerprint density at radius 1 is 1.24 bits per heavy atom. The highest BCUT2D eigenvalue weighted by atomic mass is 16.5. The van der Waals surface area contributed by atoms with Crippen molar-refractivity contribution in [1.29, 1.82) is 0 Å². The first-order chi connectivity index (χ1) is 8.04. The molecule has 2 aliphatic rings. The summed E-state index contributed by atoms with van der Waals surface area (Å²) in [4.78, 5) is 0. The van der Waals surface area contributed by atoms with Crippen LogP contribution in [0.1, 0.15) is 59.8 Å². The Bertz CT molecular complexity index is 251. The lowest BCUT2D eigenvalue weighted by Crippen LogP contribution is -2.61. The summed E-state index contributed by atoms with van der Waals surface area (Å²) in [5.41, 5.74) is 0.316. The summed E-state index contributed by atoms with van der Waals surface area (Å²) < 4.78 is 6.35. The Kier molecular flexibility index (Phi) is 4.14. The first-order valence-electron chi connectivity index (χ1n) is 7.42. The zero-order valence-corrected chi connectivity index (χ0v) is 12.0. The standard InChI is InChI=1S/C15H29NO/c1-5-16-13-10-14(15(13,3)4)17-12-8-6-7-11(2)9-12/h11-14,16H,5-10H2,1-4H3. The van der Waals surface area contributed by atoms with Gasteiger partial charge in [0.25, 0.3) is 0 Å². The first kappa shape index (κ1) is 13.4. The van der Waals surface area contributed by atoms with Crippen LogP contribution in [0, 0.1) is 11.3 Å². The highest BCUT2D eigenvalue weighted by Crippen LogP contribution is 2.44. The maximum absolute atomic E-state index is 6.35. The average molecular weight is 239 g/mol. The smallest absolute Gasteiger partial charge is 0.0659 e. The summed E-state index contributed by atoms with van der Waals surface area (Å²) in [5.74, 6) is 0.863. The molecule has 0 amide bonds. The van der Waals surface area contributed by atoms with Crippen LogP contribution >= 0.6 is 0 Å². The summed E-state index contributed by atoms with van der Waals surface area (Å²) >= 11 is 0. The number of hydrogen-bond donors (Lipinski definition) is 1. The SMILES string of the molecule is CCNC1CC(OC2CCCC(C)C2)C1(C)C. The van der Waals surface area contributed by atoms with Crippen LogP contribution in [0.4, 0.5) is 0 Å². The van der Waals surface area contributed by atoms with Crippen molar-refractivity contribution in [3.05, 3.63) is 0 Å². The number of nitrogens with one attached hydrogen (secondary N) is 1. The molecule has 0 spiro atoms. The molecule has 17 heavy (non-hydrogen) atoms. The van der Waals surface area contributed by atoms with E-state index in [1.54, 1.807) is 0 Å². The predicted molar refractivity (Wildman–Crippen MR) is 72.2 cm³/mol. The second kappa shape index (κ2) is 5.27. The van der Waals surface area contributed by atoms with Gasteiger partial charge < -0.3 is 10.1 Å². The lowest BCUT2D eigenvalue weighted by molar-refractivity contribution is -0.156. The van der Waals surface area contributed by atoms with Crippen molar-refractivity contribution < 1.29 is 4.74 Å². The summed E-state index contributed by atoms with van der Waals surface area (Å²) in [5, 5.41) is 3.57. The van der Waals surface area contributed by atoms with E-state index in [1.807, 2.05) is 0 Å². The highest BCUT2D eigenvalue weighted by Gasteiger charge is 2.49. The molecule has 0 bridgehead atoms. The largest absolute Gasteiger partial charge is 0.374 e. The highest BCUT2D eigenvalue weighted by molar-refractivity contribution is 5.03. The van der Waals surface area contributed by atoms with E-state index >= 15 is 0 Å². The van der Waals surface area contributed by atoms with Crippen LogP contribution in [0.3, 0.4) is 0 Å². The van der Waals surface area contributed by atoms with Gasteiger partial charge in [-0.15, -0.1) is 0 Å². The molecule has 0 aromatic rings. The average Bonchev–Trinajstić information content (AvgIpc) is 2.28. The molecular weight excluding hydrogens is 210 g/mol. The third kappa shape index (κ3) is 2.85. The lowest BCUT2D eigenvalue weighted by atomic mass is 9.64. The van der Waals surface area contributed by atoms with Gasteiger partial charge in [0, 0.05) is 11.5 Å². The molecule has 0 aromatic heterocycles. The van der Waals surface area contributed by atoms with Crippen LogP contribution in [0.5, 0.6) is 0 Å². The molecule has 2 rings (SSSR count). The maximum Gasteiger partial charge on any atom is 0.0659 e. The molecule has 0 heterocycles. The van der Waals surface area contributed by atoms with Gasteiger partial charge in [-0.25, -0.2) is 0 Å². The van der Waals surface area contributed by atoms with Gasteiger partial charge in [0.05, 0.1) is 12.2 Å². The van der Waals surface area contributed by atoms with E-state index in [2.05, 4.69) is 33.0 Å². The third-order valence-corrected chi connectivity index (χ3v) is 4.87. The Balaban J connectivity index is 1.80. The monoisotopic (exact) mass is 239 g/mol. The minimum atomic E-state index is 0.316. The van der Waals surface area contributed by atoms with Crippen molar-refractivity contribution in [2.75, 3.05) is 6.54 Å². The van der Waals surface area contributed by atoms with E-state index in [4.69, 9.17) is 4.74 Å². The Morgan fingerprint density at radius 3 is 2.59 bits per heavy atom. The van der Waals surface area contributed by atoms with Gasteiger partial charge in [0.1, 0.15) is 0 Å². The van der Waals surface area contributed by atoms with Gasteiger partial charge in [-0.1, -0.05) is 40.5 Å². The van der Waals surface area contributed by atoms with E-state index in [0.717, 1.165) is 12.5 Å². The fourth-order valence-electron chi connectivity index (χ4n) is 3.44. The molecule has 1 N–H and O–H groups in total. The van der Waals surface area contributed by atoms with Crippen LogP contribution in [0.15, 0.2) is 0 Å². The van der Waals surface area contributed by atoms with Crippen molar-refractivity contribution >= 4 is 0 Å². The second-order valence-electron chi connectivity index (χ2n) is 6.69. The van der Waals surface area contributed by atoms with Crippen molar-refractivity contribution in [2.45, 2.75) is 78.0 Å². The molecule has 2 fully saturated rings. The van der Waals surface area contributed by atoms with E-state index in [1.165, 1.54) is 32.1 Å². The third-order valence-electron chi connectivity index (χ3n) is 4.87. The van der Waals surface area contributed by atoms with Gasteiger partial charge >= 0.3 is 0 Å². The van der Waals surface area contributed by atoms with E-state index in [0.29, 0.717) is 23.7 Å². The summed E-state index contributed by atoms with van der Waals surface area (Å²) in [6.07, 6.45) is 7.52. The molecule has 2 saturated carbocycles. The van der Waals surface area contributed by atoms with Gasteiger partial charge in [-0.3, -0.25) is 0 Å². The molecule has 2 aliphatic carbocycles. The molecule has 0 aliphatic heterocycles. The van der Waals surface area contributed by atoms with Crippen molar-refractivity contribution in [3.8, 4) is 0 Å². The number of ether oxygens (including phenoxy) is 1. The van der Waals surface area contributed by atoms with E-state index < -0.39 is 0 Å². The predicted octanol–water partition coefficient (Wildman–Crippen LogP) is 3.36. The molecule has 0 saturated heterocycles. The second-order valence-corrected chi connectivity index (χ2v) is 6.69. The molecule has 2 heteroatoms. The zero-order chi connectivity index (χ0) is 12.5. The summed E-state index contributed by atoms with van der Waals surface area (Å²) in [7, 11) is 0. The van der Waals surface area contributed by atoms with Gasteiger partial charge in [0.2, 0.25) is 0 Å². The van der Waals surface area contributed by atoms with Gasteiger partial charge in [-0.2, -0.15) is 0 Å². The Hall–Kier alpha value is -0.0800. The van der Waals surface area contributed by atoms with Crippen LogP contribution in [-0.4, -0.2) is 24.8 Å². The van der Waals surface area contributed by atoms with Crippen molar-refractivity contribution in [1.82, 2.24) is 5.32 Å². The summed E-state index contributed by atoms with van der Waals surface area (Å²) in [6, 6.07) is 0.651. The molecule has 4 atom stereocenters. The zero-order valence-electron chi connectivity index (χ0n) is 12.0. The summed E-state index contributed by atoms with van der Waals surface area (Å²) in [6.45, 7) is 10.3. The topological polar surface area (TPSA) is 21.3 Å². The van der Waals surface area contributed by atoms with Crippen LogP contribution in [0.25, 0.3) is 0 Å². The molecule has 100 valence electrons. The van der Waals surface area contributed by atoms with Gasteiger partial charge in [0.15, 0.2) is 0 Å². The van der Waals surface area contributed by atoms with Crippen molar-refractivity contribution in [2.24, 2.45) is 11.3 Å². The molecule has 4 unspecified atom stereocenters. The quantitative estimate of drug-likeness (QED) is 0.812. The molecule has 0 radical (unpaired) electrons. The lowest BCUT2D eigenvalue weighted by Gasteiger charge is -2.53.